The van der Waals surface area contributed by atoms with Crippen LogP contribution in [0.5, 0.6) is 0 Å². The van der Waals surface area contributed by atoms with E-state index in [4.69, 9.17) is 0 Å². The van der Waals surface area contributed by atoms with Crippen LogP contribution in [0.3, 0.4) is 0 Å². The van der Waals surface area contributed by atoms with E-state index in [-0.39, 0.29) is 29.8 Å². The minimum Gasteiger partial charge on any atom is -0.351 e. The lowest BCUT2D eigenvalue weighted by Crippen LogP contribution is -2.65. The highest BCUT2D eigenvalue weighted by molar-refractivity contribution is 5.85. The quantitative estimate of drug-likeness (QED) is 0.665. The number of carbonyl (C=O) groups excluding carboxylic acids is 1. The van der Waals surface area contributed by atoms with Gasteiger partial charge in [-0.05, 0) is 0 Å². The minimum absolute atomic E-state index is 0. The molecule has 13 heavy (non-hydrogen) atoms. The molecule has 3 nitrogen and oxygen atoms in total. The molecular formula is C9H17ClN2O. The molecule has 0 spiro atoms. The summed E-state index contributed by atoms with van der Waals surface area (Å²) in [4.78, 5) is 11.4. The maximum atomic E-state index is 11.4. The third-order valence-electron chi connectivity index (χ3n) is 2.23. The second kappa shape index (κ2) is 4.63. The molecule has 1 fully saturated rings. The summed E-state index contributed by atoms with van der Waals surface area (Å²) in [7, 11) is 0. The molecule has 1 aliphatic rings. The molecule has 1 heterocycles. The lowest BCUT2D eigenvalue weighted by atomic mass is 9.77. The highest BCUT2D eigenvalue weighted by atomic mass is 35.5. The van der Waals surface area contributed by atoms with Gasteiger partial charge in [-0.25, -0.2) is 0 Å². The molecule has 4 heteroatoms. The average molecular weight is 205 g/mol. The van der Waals surface area contributed by atoms with Crippen molar-refractivity contribution in [2.45, 2.75) is 19.9 Å². The van der Waals surface area contributed by atoms with E-state index in [0.717, 1.165) is 6.54 Å². The Morgan fingerprint density at radius 2 is 2.38 bits per heavy atom. The summed E-state index contributed by atoms with van der Waals surface area (Å²) >= 11 is 0. The molecule has 0 aromatic carbocycles. The standard InChI is InChI=1S/C9H16N2O.ClH/c1-4-5-10-8(12)7-9(2,3)6-11-7;/h4,7,11H,1,5-6H2,2-3H3,(H,10,12);1H. The SMILES string of the molecule is C=CCNC(=O)C1NCC1(C)C.Cl. The van der Waals surface area contributed by atoms with E-state index < -0.39 is 0 Å². The van der Waals surface area contributed by atoms with Crippen molar-refractivity contribution in [2.75, 3.05) is 13.1 Å². The van der Waals surface area contributed by atoms with Crippen molar-refractivity contribution in [3.05, 3.63) is 12.7 Å². The van der Waals surface area contributed by atoms with Crippen LogP contribution in [-0.2, 0) is 4.79 Å². The van der Waals surface area contributed by atoms with Crippen LogP contribution in [0.15, 0.2) is 12.7 Å². The number of hydrogen-bond donors (Lipinski definition) is 2. The Bertz CT molecular complexity index is 204. The third-order valence-corrected chi connectivity index (χ3v) is 2.23. The van der Waals surface area contributed by atoms with Gasteiger partial charge in [0.05, 0.1) is 6.04 Å². The van der Waals surface area contributed by atoms with Gasteiger partial charge in [0.15, 0.2) is 0 Å². The van der Waals surface area contributed by atoms with Gasteiger partial charge in [-0.1, -0.05) is 19.9 Å². The predicted octanol–water partition coefficient (Wildman–Crippen LogP) is 0.708. The Labute approximate surface area is 85.4 Å². The molecule has 1 atom stereocenters. The fraction of sp³-hybridized carbons (Fsp3) is 0.667. The molecule has 0 aromatic heterocycles. The van der Waals surface area contributed by atoms with E-state index in [1.165, 1.54) is 0 Å². The van der Waals surface area contributed by atoms with Gasteiger partial charge in [0, 0.05) is 18.5 Å². The molecule has 0 radical (unpaired) electrons. The highest BCUT2D eigenvalue weighted by Crippen LogP contribution is 2.27. The number of hydrogen-bond acceptors (Lipinski definition) is 2. The maximum Gasteiger partial charge on any atom is 0.237 e. The average Bonchev–Trinajstić information content (AvgIpc) is 1.99. The molecule has 1 saturated heterocycles. The first-order valence-electron chi connectivity index (χ1n) is 4.20. The van der Waals surface area contributed by atoms with Gasteiger partial charge in [0.25, 0.3) is 0 Å². The fourth-order valence-corrected chi connectivity index (χ4v) is 1.33. The molecule has 0 saturated carbocycles. The predicted molar refractivity (Wildman–Crippen MR) is 56.0 cm³/mol. The highest BCUT2D eigenvalue weighted by Gasteiger charge is 2.42. The summed E-state index contributed by atoms with van der Waals surface area (Å²) in [6, 6.07) is -0.0301. The molecule has 0 bridgehead atoms. The Morgan fingerprint density at radius 1 is 1.77 bits per heavy atom. The van der Waals surface area contributed by atoms with Crippen LogP contribution in [0.25, 0.3) is 0 Å². The number of amides is 1. The Hall–Kier alpha value is -0.540. The van der Waals surface area contributed by atoms with Crippen LogP contribution in [-0.4, -0.2) is 25.0 Å². The molecule has 0 aromatic rings. The first-order valence-corrected chi connectivity index (χ1v) is 4.20. The van der Waals surface area contributed by atoms with Crippen molar-refractivity contribution < 1.29 is 4.79 Å². The zero-order valence-electron chi connectivity index (χ0n) is 8.09. The Morgan fingerprint density at radius 3 is 2.69 bits per heavy atom. The summed E-state index contributed by atoms with van der Waals surface area (Å²) in [5.74, 6) is 0.0751. The van der Waals surface area contributed by atoms with Crippen LogP contribution in [0.2, 0.25) is 0 Å². The number of carbonyl (C=O) groups is 1. The van der Waals surface area contributed by atoms with E-state index in [1.807, 2.05) is 0 Å². The van der Waals surface area contributed by atoms with Crippen molar-refractivity contribution in [3.63, 3.8) is 0 Å². The maximum absolute atomic E-state index is 11.4. The molecule has 2 N–H and O–H groups in total. The number of rotatable bonds is 3. The van der Waals surface area contributed by atoms with E-state index >= 15 is 0 Å². The molecule has 76 valence electrons. The Kier molecular flexibility index (Phi) is 4.44. The number of nitrogens with one attached hydrogen (secondary N) is 2. The largest absolute Gasteiger partial charge is 0.351 e. The Balaban J connectivity index is 0.00000144. The van der Waals surface area contributed by atoms with Crippen molar-refractivity contribution in [2.24, 2.45) is 5.41 Å². The third kappa shape index (κ3) is 2.71. The summed E-state index contributed by atoms with van der Waals surface area (Å²) in [6.45, 7) is 9.17. The first-order chi connectivity index (χ1) is 5.58. The topological polar surface area (TPSA) is 41.1 Å². The summed E-state index contributed by atoms with van der Waals surface area (Å²) in [5.41, 5.74) is 0.102. The van der Waals surface area contributed by atoms with Gasteiger partial charge >= 0.3 is 0 Å². The van der Waals surface area contributed by atoms with Crippen molar-refractivity contribution in [1.82, 2.24) is 10.6 Å². The van der Waals surface area contributed by atoms with Crippen LogP contribution < -0.4 is 10.6 Å². The van der Waals surface area contributed by atoms with Crippen LogP contribution in [0.1, 0.15) is 13.8 Å². The van der Waals surface area contributed by atoms with Crippen molar-refractivity contribution in [3.8, 4) is 0 Å². The summed E-state index contributed by atoms with van der Waals surface area (Å²) in [6.07, 6.45) is 1.68. The van der Waals surface area contributed by atoms with E-state index in [2.05, 4.69) is 31.1 Å². The molecule has 0 aliphatic carbocycles. The smallest absolute Gasteiger partial charge is 0.237 e. The van der Waals surface area contributed by atoms with E-state index in [1.54, 1.807) is 6.08 Å². The molecule has 1 rings (SSSR count). The summed E-state index contributed by atoms with van der Waals surface area (Å²) in [5, 5.41) is 5.87. The lowest BCUT2D eigenvalue weighted by Gasteiger charge is -2.44. The van der Waals surface area contributed by atoms with Crippen molar-refractivity contribution in [1.29, 1.82) is 0 Å². The van der Waals surface area contributed by atoms with Crippen LogP contribution in [0.4, 0.5) is 0 Å². The summed E-state index contributed by atoms with van der Waals surface area (Å²) < 4.78 is 0. The zero-order valence-corrected chi connectivity index (χ0v) is 8.91. The normalized spacial score (nSPS) is 23.7. The molecule has 1 unspecified atom stereocenters. The lowest BCUT2D eigenvalue weighted by molar-refractivity contribution is -0.129. The van der Waals surface area contributed by atoms with Gasteiger partial charge in [0.1, 0.15) is 0 Å². The minimum atomic E-state index is -0.0301. The van der Waals surface area contributed by atoms with Gasteiger partial charge in [-0.2, -0.15) is 0 Å². The van der Waals surface area contributed by atoms with E-state index in [0.29, 0.717) is 6.54 Å². The van der Waals surface area contributed by atoms with E-state index in [9.17, 15) is 4.79 Å². The van der Waals surface area contributed by atoms with Gasteiger partial charge < -0.3 is 10.6 Å². The number of halogens is 1. The fourth-order valence-electron chi connectivity index (χ4n) is 1.33. The van der Waals surface area contributed by atoms with Crippen LogP contribution >= 0.6 is 12.4 Å². The van der Waals surface area contributed by atoms with Crippen LogP contribution in [0, 0.1) is 5.41 Å². The first kappa shape index (κ1) is 12.5. The molecular weight excluding hydrogens is 188 g/mol. The van der Waals surface area contributed by atoms with Crippen molar-refractivity contribution >= 4 is 18.3 Å². The molecule has 1 amide bonds. The van der Waals surface area contributed by atoms with Gasteiger partial charge in [-0.3, -0.25) is 4.79 Å². The van der Waals surface area contributed by atoms with Gasteiger partial charge in [-0.15, -0.1) is 19.0 Å². The second-order valence-corrected chi connectivity index (χ2v) is 3.84. The second-order valence-electron chi connectivity index (χ2n) is 3.84. The van der Waals surface area contributed by atoms with Gasteiger partial charge in [0.2, 0.25) is 5.91 Å². The monoisotopic (exact) mass is 204 g/mol. The zero-order chi connectivity index (χ0) is 9.19. The molecule has 1 aliphatic heterocycles.